The number of carboxylic acids is 1. The van der Waals surface area contributed by atoms with Gasteiger partial charge in [-0.2, -0.15) is 0 Å². The van der Waals surface area contributed by atoms with Crippen LogP contribution in [-0.2, 0) is 38.8 Å². The summed E-state index contributed by atoms with van der Waals surface area (Å²) in [6.07, 6.45) is 1.04. The van der Waals surface area contributed by atoms with Crippen molar-refractivity contribution in [1.82, 2.24) is 4.90 Å². The lowest BCUT2D eigenvalue weighted by atomic mass is 9.99. The molecule has 1 heterocycles. The minimum atomic E-state index is -0.852. The van der Waals surface area contributed by atoms with E-state index < -0.39 is 12.3 Å². The number of unbranched alkanes of at least 4 members (excludes halogenated alkanes) is 1. The SMILES string of the molecule is O=C(O)CCCCC(=O)Nc1ccc(C2OC(CN(Cc3ccccc3)Cc3ccccc3)CC(c3ccc(CO)cc3)O2)cc1. The third-order valence-corrected chi connectivity index (χ3v) is 8.09. The summed E-state index contributed by atoms with van der Waals surface area (Å²) < 4.78 is 13.2. The first kappa shape index (κ1) is 33.0. The second-order valence-corrected chi connectivity index (χ2v) is 11.8. The van der Waals surface area contributed by atoms with Gasteiger partial charge in [0.2, 0.25) is 5.91 Å². The maximum absolute atomic E-state index is 12.4. The number of nitrogens with zero attached hydrogens (tertiary/aromatic N) is 1. The van der Waals surface area contributed by atoms with E-state index in [-0.39, 0.29) is 37.6 Å². The Morgan fingerprint density at radius 1 is 0.717 bits per heavy atom. The van der Waals surface area contributed by atoms with Gasteiger partial charge < -0.3 is 25.0 Å². The van der Waals surface area contributed by atoms with Crippen molar-refractivity contribution in [3.8, 4) is 0 Å². The van der Waals surface area contributed by atoms with Crippen molar-refractivity contribution >= 4 is 17.6 Å². The molecular weight excluding hydrogens is 580 g/mol. The third-order valence-electron chi connectivity index (χ3n) is 8.09. The zero-order valence-electron chi connectivity index (χ0n) is 26.0. The Morgan fingerprint density at radius 2 is 1.30 bits per heavy atom. The molecule has 0 radical (unpaired) electrons. The predicted molar refractivity (Wildman–Crippen MR) is 177 cm³/mol. The molecule has 0 bridgehead atoms. The van der Waals surface area contributed by atoms with E-state index in [1.165, 1.54) is 11.1 Å². The van der Waals surface area contributed by atoms with Crippen LogP contribution in [0.1, 0.15) is 72.3 Å². The molecule has 8 heteroatoms. The standard InChI is InChI=1S/C38H42N2O6/c41-27-30-15-17-31(18-16-30)35-23-34(26-40(24-28-9-3-1-4-10-28)25-29-11-5-2-6-12-29)45-38(46-35)32-19-21-33(22-20-32)39-36(42)13-7-8-14-37(43)44/h1-6,9-12,15-22,34-35,38,41H,7-8,13-14,23-27H2,(H,39,42)(H,43,44). The fourth-order valence-corrected chi connectivity index (χ4v) is 5.70. The molecule has 0 aromatic heterocycles. The summed E-state index contributed by atoms with van der Waals surface area (Å²) in [7, 11) is 0. The van der Waals surface area contributed by atoms with Gasteiger partial charge >= 0.3 is 5.97 Å². The molecule has 0 aliphatic carbocycles. The molecule has 4 aromatic carbocycles. The Kier molecular flexibility index (Phi) is 12.1. The highest BCUT2D eigenvalue weighted by atomic mass is 16.7. The van der Waals surface area contributed by atoms with Gasteiger partial charge in [0.15, 0.2) is 6.29 Å². The average Bonchev–Trinajstić information content (AvgIpc) is 3.08. The molecule has 1 aliphatic rings. The van der Waals surface area contributed by atoms with Gasteiger partial charge in [0.05, 0.1) is 18.8 Å². The van der Waals surface area contributed by atoms with Gasteiger partial charge in [-0.3, -0.25) is 14.5 Å². The number of carbonyl (C=O) groups excluding carboxylic acids is 1. The minimum absolute atomic E-state index is 0.0146. The highest BCUT2D eigenvalue weighted by molar-refractivity contribution is 5.90. The summed E-state index contributed by atoms with van der Waals surface area (Å²) in [6.45, 7) is 2.24. The van der Waals surface area contributed by atoms with E-state index in [2.05, 4.69) is 58.7 Å². The molecule has 0 saturated carbocycles. The van der Waals surface area contributed by atoms with Crippen LogP contribution in [0.4, 0.5) is 5.69 Å². The Labute approximate surface area is 270 Å². The van der Waals surface area contributed by atoms with Gasteiger partial charge in [-0.05, 0) is 47.2 Å². The van der Waals surface area contributed by atoms with Gasteiger partial charge in [-0.25, -0.2) is 0 Å². The summed E-state index contributed by atoms with van der Waals surface area (Å²) in [5.74, 6) is -0.999. The van der Waals surface area contributed by atoms with Crippen LogP contribution in [0.25, 0.3) is 0 Å². The summed E-state index contributed by atoms with van der Waals surface area (Å²) in [5.41, 5.74) is 5.85. The minimum Gasteiger partial charge on any atom is -0.481 e. The first-order chi connectivity index (χ1) is 22.4. The summed E-state index contributed by atoms with van der Waals surface area (Å²) in [4.78, 5) is 25.5. The van der Waals surface area contributed by atoms with Crippen LogP contribution in [0.3, 0.4) is 0 Å². The molecular formula is C38H42N2O6. The van der Waals surface area contributed by atoms with Crippen LogP contribution >= 0.6 is 0 Å². The number of aliphatic hydroxyl groups is 1. The summed E-state index contributed by atoms with van der Waals surface area (Å²) in [5, 5.41) is 21.2. The number of amides is 1. The number of carbonyl (C=O) groups is 2. The van der Waals surface area contributed by atoms with Crippen molar-refractivity contribution < 1.29 is 29.3 Å². The number of hydrogen-bond donors (Lipinski definition) is 3. The molecule has 4 aromatic rings. The fourth-order valence-electron chi connectivity index (χ4n) is 5.70. The van der Waals surface area contributed by atoms with Crippen molar-refractivity contribution in [3.05, 3.63) is 137 Å². The lowest BCUT2D eigenvalue weighted by molar-refractivity contribution is -0.253. The fraction of sp³-hybridized carbons (Fsp3) is 0.316. The highest BCUT2D eigenvalue weighted by Crippen LogP contribution is 2.38. The van der Waals surface area contributed by atoms with E-state index in [9.17, 15) is 14.7 Å². The van der Waals surface area contributed by atoms with Crippen LogP contribution in [0.2, 0.25) is 0 Å². The Balaban J connectivity index is 1.31. The van der Waals surface area contributed by atoms with Crippen LogP contribution in [0.5, 0.6) is 0 Å². The number of anilines is 1. The van der Waals surface area contributed by atoms with Crippen LogP contribution in [-0.4, -0.2) is 39.6 Å². The molecule has 3 unspecified atom stereocenters. The van der Waals surface area contributed by atoms with Crippen molar-refractivity contribution in [2.24, 2.45) is 0 Å². The largest absolute Gasteiger partial charge is 0.481 e. The Bertz CT molecular complexity index is 1470. The molecule has 3 N–H and O–H groups in total. The number of carboxylic acid groups (broad SMARTS) is 1. The van der Waals surface area contributed by atoms with E-state index in [0.29, 0.717) is 31.5 Å². The average molecular weight is 623 g/mol. The molecule has 46 heavy (non-hydrogen) atoms. The number of ether oxygens (including phenoxy) is 2. The zero-order valence-corrected chi connectivity index (χ0v) is 26.0. The number of hydrogen-bond acceptors (Lipinski definition) is 6. The van der Waals surface area contributed by atoms with E-state index in [0.717, 1.165) is 29.8 Å². The van der Waals surface area contributed by atoms with Crippen molar-refractivity contribution in [2.75, 3.05) is 11.9 Å². The molecule has 1 fully saturated rings. The summed E-state index contributed by atoms with van der Waals surface area (Å²) >= 11 is 0. The molecule has 0 spiro atoms. The second kappa shape index (κ2) is 16.8. The van der Waals surface area contributed by atoms with Gasteiger partial charge in [0, 0.05) is 50.1 Å². The number of benzene rings is 4. The second-order valence-electron chi connectivity index (χ2n) is 11.8. The first-order valence-corrected chi connectivity index (χ1v) is 15.9. The maximum Gasteiger partial charge on any atom is 0.303 e. The maximum atomic E-state index is 12.4. The zero-order chi connectivity index (χ0) is 32.1. The molecule has 1 aliphatic heterocycles. The summed E-state index contributed by atoms with van der Waals surface area (Å²) in [6, 6.07) is 36.3. The van der Waals surface area contributed by atoms with Crippen molar-refractivity contribution in [3.63, 3.8) is 0 Å². The molecule has 8 nitrogen and oxygen atoms in total. The highest BCUT2D eigenvalue weighted by Gasteiger charge is 2.33. The lowest BCUT2D eigenvalue weighted by Crippen LogP contribution is -2.39. The Morgan fingerprint density at radius 3 is 1.89 bits per heavy atom. The van der Waals surface area contributed by atoms with Crippen LogP contribution in [0, 0.1) is 0 Å². The molecule has 1 saturated heterocycles. The smallest absolute Gasteiger partial charge is 0.303 e. The van der Waals surface area contributed by atoms with Crippen LogP contribution < -0.4 is 5.32 Å². The normalized spacial score (nSPS) is 17.9. The third kappa shape index (κ3) is 10.1. The number of rotatable bonds is 15. The van der Waals surface area contributed by atoms with E-state index in [1.54, 1.807) is 0 Å². The van der Waals surface area contributed by atoms with E-state index in [1.807, 2.05) is 60.7 Å². The monoisotopic (exact) mass is 622 g/mol. The molecule has 240 valence electrons. The molecule has 5 rings (SSSR count). The van der Waals surface area contributed by atoms with E-state index in [4.69, 9.17) is 14.6 Å². The lowest BCUT2D eigenvalue weighted by Gasteiger charge is -2.38. The number of aliphatic carboxylic acids is 1. The van der Waals surface area contributed by atoms with Gasteiger partial charge in [-0.15, -0.1) is 0 Å². The van der Waals surface area contributed by atoms with Gasteiger partial charge in [0.25, 0.3) is 0 Å². The molecule has 3 atom stereocenters. The quantitative estimate of drug-likeness (QED) is 0.122. The van der Waals surface area contributed by atoms with Gasteiger partial charge in [-0.1, -0.05) is 97.1 Å². The molecule has 1 amide bonds. The number of aliphatic hydroxyl groups excluding tert-OH is 1. The first-order valence-electron chi connectivity index (χ1n) is 15.9. The predicted octanol–water partition coefficient (Wildman–Crippen LogP) is 7.01. The van der Waals surface area contributed by atoms with Gasteiger partial charge in [0.1, 0.15) is 0 Å². The van der Waals surface area contributed by atoms with E-state index >= 15 is 0 Å². The van der Waals surface area contributed by atoms with Crippen molar-refractivity contribution in [1.29, 1.82) is 0 Å². The topological polar surface area (TPSA) is 108 Å². The number of nitrogens with one attached hydrogen (secondary N) is 1. The van der Waals surface area contributed by atoms with Crippen molar-refractivity contribution in [2.45, 2.75) is 70.3 Å². The van der Waals surface area contributed by atoms with Crippen LogP contribution in [0.15, 0.2) is 109 Å². The Hall–Kier alpha value is -4.34.